The van der Waals surface area contributed by atoms with Gasteiger partial charge in [-0.2, -0.15) is 0 Å². The van der Waals surface area contributed by atoms with Crippen LogP contribution in [-0.4, -0.2) is 23.7 Å². The summed E-state index contributed by atoms with van der Waals surface area (Å²) in [7, 11) is 0. The van der Waals surface area contributed by atoms with Crippen molar-refractivity contribution >= 4 is 11.6 Å². The van der Waals surface area contributed by atoms with Gasteiger partial charge in [-0.1, -0.05) is 19.1 Å². The number of nitrogens with two attached hydrogens (primary N) is 1. The van der Waals surface area contributed by atoms with Gasteiger partial charge in [0.25, 0.3) is 0 Å². The van der Waals surface area contributed by atoms with Gasteiger partial charge in [0.05, 0.1) is 6.04 Å². The number of amides is 1. The van der Waals surface area contributed by atoms with Crippen molar-refractivity contribution in [3.63, 3.8) is 0 Å². The van der Waals surface area contributed by atoms with Crippen LogP contribution in [0.15, 0.2) is 24.3 Å². The lowest BCUT2D eigenvalue weighted by molar-refractivity contribution is -0.117. The van der Waals surface area contributed by atoms with Crippen LogP contribution in [0.4, 0.5) is 5.69 Å². The van der Waals surface area contributed by atoms with Crippen molar-refractivity contribution in [1.29, 1.82) is 0 Å². The number of benzene rings is 1. The van der Waals surface area contributed by atoms with Gasteiger partial charge in [0.1, 0.15) is 0 Å². The Hall–Kier alpha value is -1.39. The molecule has 0 spiro atoms. The molecule has 0 fully saturated rings. The molecule has 1 rings (SSSR count). The summed E-state index contributed by atoms with van der Waals surface area (Å²) in [6.45, 7) is 2.05. The second kappa shape index (κ2) is 7.04. The molecule has 1 aromatic rings. The number of hydrogen-bond donors (Lipinski definition) is 3. The van der Waals surface area contributed by atoms with Gasteiger partial charge in [-0.25, -0.2) is 0 Å². The Bertz CT molecular complexity index is 366. The zero-order valence-corrected chi connectivity index (χ0v) is 10.1. The normalized spacial score (nSPS) is 12.2. The predicted molar refractivity (Wildman–Crippen MR) is 68.7 cm³/mol. The molecular weight excluding hydrogens is 216 g/mol. The number of aliphatic hydroxyl groups is 1. The molecule has 0 unspecified atom stereocenters. The summed E-state index contributed by atoms with van der Waals surface area (Å²) in [5.41, 5.74) is 7.50. The maximum absolute atomic E-state index is 11.6. The first kappa shape index (κ1) is 13.7. The second-order valence-corrected chi connectivity index (χ2v) is 4.03. The third kappa shape index (κ3) is 4.54. The highest BCUT2D eigenvalue weighted by Gasteiger charge is 2.10. The number of aliphatic hydroxyl groups excluding tert-OH is 1. The largest absolute Gasteiger partial charge is 0.396 e. The Labute approximate surface area is 102 Å². The lowest BCUT2D eigenvalue weighted by Gasteiger charge is -2.11. The molecule has 0 aromatic heterocycles. The zero-order valence-electron chi connectivity index (χ0n) is 10.1. The Morgan fingerprint density at radius 1 is 1.53 bits per heavy atom. The van der Waals surface area contributed by atoms with Crippen LogP contribution in [0.25, 0.3) is 0 Å². The van der Waals surface area contributed by atoms with Crippen LogP contribution in [0.3, 0.4) is 0 Å². The smallest absolute Gasteiger partial charge is 0.241 e. The molecule has 0 radical (unpaired) electrons. The van der Waals surface area contributed by atoms with E-state index in [0.29, 0.717) is 6.42 Å². The molecule has 1 amide bonds. The molecule has 4 heteroatoms. The Balaban J connectivity index is 2.62. The number of nitrogens with one attached hydrogen (secondary N) is 1. The maximum atomic E-state index is 11.6. The quantitative estimate of drug-likeness (QED) is 0.696. The minimum absolute atomic E-state index is 0.160. The van der Waals surface area contributed by atoms with E-state index in [2.05, 4.69) is 5.32 Å². The first-order valence-corrected chi connectivity index (χ1v) is 5.93. The number of carbonyl (C=O) groups excluding carboxylic acids is 1. The summed E-state index contributed by atoms with van der Waals surface area (Å²) in [6.07, 6.45) is 2.15. The number of hydrogen-bond acceptors (Lipinski definition) is 3. The fraction of sp³-hybridized carbons (Fsp3) is 0.462. The topological polar surface area (TPSA) is 75.4 Å². The molecule has 4 nitrogen and oxygen atoms in total. The van der Waals surface area contributed by atoms with Crippen molar-refractivity contribution in [1.82, 2.24) is 0 Å². The van der Waals surface area contributed by atoms with E-state index in [9.17, 15) is 4.79 Å². The summed E-state index contributed by atoms with van der Waals surface area (Å²) < 4.78 is 0. The summed E-state index contributed by atoms with van der Waals surface area (Å²) in [4.78, 5) is 11.6. The van der Waals surface area contributed by atoms with Crippen LogP contribution >= 0.6 is 0 Å². The number of aryl methyl sites for hydroxylation is 1. The van der Waals surface area contributed by atoms with E-state index >= 15 is 0 Å². The van der Waals surface area contributed by atoms with Crippen LogP contribution < -0.4 is 11.1 Å². The van der Waals surface area contributed by atoms with E-state index in [0.717, 1.165) is 24.1 Å². The zero-order chi connectivity index (χ0) is 12.7. The van der Waals surface area contributed by atoms with Crippen molar-refractivity contribution in [3.05, 3.63) is 29.8 Å². The van der Waals surface area contributed by atoms with Crippen molar-refractivity contribution in [2.24, 2.45) is 5.73 Å². The molecule has 0 saturated heterocycles. The lowest BCUT2D eigenvalue weighted by Crippen LogP contribution is -2.34. The van der Waals surface area contributed by atoms with Crippen LogP contribution in [-0.2, 0) is 11.2 Å². The van der Waals surface area contributed by atoms with Gasteiger partial charge < -0.3 is 16.2 Å². The summed E-state index contributed by atoms with van der Waals surface area (Å²) in [5, 5.41) is 11.5. The van der Waals surface area contributed by atoms with Gasteiger partial charge >= 0.3 is 0 Å². The molecular formula is C13H20N2O2. The summed E-state index contributed by atoms with van der Waals surface area (Å²) in [6, 6.07) is 7.15. The minimum Gasteiger partial charge on any atom is -0.396 e. The minimum atomic E-state index is -0.462. The SMILES string of the molecule is CC[C@@H](N)C(=O)Nc1cccc(CCCO)c1. The average molecular weight is 236 g/mol. The maximum Gasteiger partial charge on any atom is 0.241 e. The lowest BCUT2D eigenvalue weighted by atomic mass is 10.1. The van der Waals surface area contributed by atoms with E-state index < -0.39 is 6.04 Å². The molecule has 17 heavy (non-hydrogen) atoms. The van der Waals surface area contributed by atoms with Gasteiger partial charge in [0, 0.05) is 12.3 Å². The van der Waals surface area contributed by atoms with E-state index in [1.54, 1.807) is 0 Å². The van der Waals surface area contributed by atoms with Crippen LogP contribution in [0.2, 0.25) is 0 Å². The van der Waals surface area contributed by atoms with Gasteiger partial charge in [0.15, 0.2) is 0 Å². The van der Waals surface area contributed by atoms with E-state index in [4.69, 9.17) is 10.8 Å². The fourth-order valence-corrected chi connectivity index (χ4v) is 1.51. The second-order valence-electron chi connectivity index (χ2n) is 4.03. The molecule has 0 heterocycles. The van der Waals surface area contributed by atoms with Crippen LogP contribution in [0.5, 0.6) is 0 Å². The highest BCUT2D eigenvalue weighted by atomic mass is 16.2. The molecule has 0 saturated carbocycles. The van der Waals surface area contributed by atoms with Crippen molar-refractivity contribution in [2.45, 2.75) is 32.2 Å². The average Bonchev–Trinajstić information content (AvgIpc) is 2.35. The third-order valence-corrected chi connectivity index (χ3v) is 2.59. The third-order valence-electron chi connectivity index (χ3n) is 2.59. The Morgan fingerprint density at radius 2 is 2.29 bits per heavy atom. The van der Waals surface area contributed by atoms with Crippen molar-refractivity contribution < 1.29 is 9.90 Å². The molecule has 1 aromatic carbocycles. The molecule has 94 valence electrons. The standard InChI is InChI=1S/C13H20N2O2/c1-2-12(14)13(17)15-11-7-3-5-10(9-11)6-4-8-16/h3,5,7,9,12,16H,2,4,6,8,14H2,1H3,(H,15,17)/t12-/m1/s1. The van der Waals surface area contributed by atoms with Crippen LogP contribution in [0, 0.1) is 0 Å². The van der Waals surface area contributed by atoms with E-state index in [-0.39, 0.29) is 12.5 Å². The predicted octanol–water partition coefficient (Wildman–Crippen LogP) is 1.29. The summed E-state index contributed by atoms with van der Waals surface area (Å²) >= 11 is 0. The monoisotopic (exact) mass is 236 g/mol. The fourth-order valence-electron chi connectivity index (χ4n) is 1.51. The molecule has 0 aliphatic rings. The van der Waals surface area contributed by atoms with Gasteiger partial charge in [-0.15, -0.1) is 0 Å². The van der Waals surface area contributed by atoms with E-state index in [1.807, 2.05) is 31.2 Å². The van der Waals surface area contributed by atoms with Crippen molar-refractivity contribution in [2.75, 3.05) is 11.9 Å². The highest BCUT2D eigenvalue weighted by Crippen LogP contribution is 2.12. The Kier molecular flexibility index (Phi) is 5.66. The van der Waals surface area contributed by atoms with Gasteiger partial charge in [0.2, 0.25) is 5.91 Å². The molecule has 0 aliphatic heterocycles. The van der Waals surface area contributed by atoms with Crippen LogP contribution in [0.1, 0.15) is 25.3 Å². The first-order valence-electron chi connectivity index (χ1n) is 5.93. The highest BCUT2D eigenvalue weighted by molar-refractivity contribution is 5.94. The molecule has 1 atom stereocenters. The van der Waals surface area contributed by atoms with E-state index in [1.165, 1.54) is 0 Å². The van der Waals surface area contributed by atoms with Gasteiger partial charge in [-0.05, 0) is 37.0 Å². The number of anilines is 1. The molecule has 0 bridgehead atoms. The molecule has 4 N–H and O–H groups in total. The number of carbonyl (C=O) groups is 1. The Morgan fingerprint density at radius 3 is 2.94 bits per heavy atom. The summed E-state index contributed by atoms with van der Waals surface area (Å²) in [5.74, 6) is -0.160. The van der Waals surface area contributed by atoms with Crippen molar-refractivity contribution in [3.8, 4) is 0 Å². The molecule has 0 aliphatic carbocycles. The number of rotatable bonds is 6. The van der Waals surface area contributed by atoms with Gasteiger partial charge in [-0.3, -0.25) is 4.79 Å². The first-order chi connectivity index (χ1) is 8.17.